The molecule has 0 amide bonds. The Morgan fingerprint density at radius 2 is 1.59 bits per heavy atom. The highest BCUT2D eigenvalue weighted by molar-refractivity contribution is 6.40. The lowest BCUT2D eigenvalue weighted by Crippen LogP contribution is -2.56. The largest absolute Gasteiger partial charge is 0.457 e. The van der Waals surface area contributed by atoms with Crippen molar-refractivity contribution in [2.24, 2.45) is 5.11 Å². The Bertz CT molecular complexity index is 1020. The lowest BCUT2D eigenvalue weighted by atomic mass is 9.98. The summed E-state index contributed by atoms with van der Waals surface area (Å²) >= 11 is 0. The van der Waals surface area contributed by atoms with Crippen molar-refractivity contribution in [3.05, 3.63) is 94.4 Å². The van der Waals surface area contributed by atoms with Gasteiger partial charge in [0.2, 0.25) is 0 Å². The van der Waals surface area contributed by atoms with E-state index in [0.717, 1.165) is 11.1 Å². The summed E-state index contributed by atoms with van der Waals surface area (Å²) in [6, 6.07) is 18.4. The van der Waals surface area contributed by atoms with Crippen LogP contribution in [0.2, 0.25) is 0 Å². The van der Waals surface area contributed by atoms with Crippen LogP contribution in [0.3, 0.4) is 0 Å². The minimum atomic E-state index is -1.02. The third-order valence-corrected chi connectivity index (χ3v) is 5.27. The Labute approximate surface area is 197 Å². The molecule has 0 aromatic heterocycles. The Kier molecular flexibility index (Phi) is 9.37. The second kappa shape index (κ2) is 12.7. The molecular weight excluding hydrogens is 438 g/mol. The molecule has 4 atom stereocenters. The molecule has 1 aliphatic rings. The lowest BCUT2D eigenvalue weighted by Gasteiger charge is -2.40. The average molecular weight is 466 g/mol. The molecule has 0 saturated carbocycles. The van der Waals surface area contributed by atoms with Gasteiger partial charge in [-0.15, -0.1) is 0 Å². The van der Waals surface area contributed by atoms with Crippen LogP contribution in [0.25, 0.3) is 10.4 Å². The average Bonchev–Trinajstić information content (AvgIpc) is 2.86. The summed E-state index contributed by atoms with van der Waals surface area (Å²) in [7, 11) is 0. The van der Waals surface area contributed by atoms with Gasteiger partial charge in [-0.2, -0.15) is 0 Å². The van der Waals surface area contributed by atoms with Gasteiger partial charge in [-0.05, 0) is 29.2 Å². The van der Waals surface area contributed by atoms with Gasteiger partial charge in [-0.25, -0.2) is 4.79 Å². The summed E-state index contributed by atoms with van der Waals surface area (Å²) in [5, 5.41) is 3.84. The predicted octanol–water partition coefficient (Wildman–Crippen LogP) is 3.92. The molecule has 0 bridgehead atoms. The molecule has 1 heterocycles. The van der Waals surface area contributed by atoms with Crippen molar-refractivity contribution in [3.63, 3.8) is 0 Å². The molecular formula is C25H27N3O6. The fourth-order valence-corrected chi connectivity index (χ4v) is 3.49. The molecule has 178 valence electrons. The minimum absolute atomic E-state index is 0.0470. The predicted molar refractivity (Wildman–Crippen MR) is 123 cm³/mol. The fourth-order valence-electron chi connectivity index (χ4n) is 3.49. The number of hydrogen-bond donors (Lipinski definition) is 0. The van der Waals surface area contributed by atoms with E-state index in [9.17, 15) is 9.59 Å². The van der Waals surface area contributed by atoms with Gasteiger partial charge in [0.25, 0.3) is 5.78 Å². The third-order valence-electron chi connectivity index (χ3n) is 5.27. The van der Waals surface area contributed by atoms with Crippen LogP contribution in [0.15, 0.2) is 77.9 Å². The first-order valence-electron chi connectivity index (χ1n) is 10.8. The van der Waals surface area contributed by atoms with Crippen LogP contribution in [0.1, 0.15) is 18.1 Å². The van der Waals surface area contributed by atoms with E-state index in [2.05, 4.69) is 16.6 Å². The molecule has 1 aliphatic heterocycles. The second-order valence-electron chi connectivity index (χ2n) is 7.87. The SMILES string of the molecule is C=C(C)C(=O)C(=O)OCC1OCC(N=[N+]=[N-])C(OCc2ccccc2)[C@@H]1OCc1ccccc1. The van der Waals surface area contributed by atoms with Crippen molar-refractivity contribution in [2.75, 3.05) is 13.2 Å². The highest BCUT2D eigenvalue weighted by Gasteiger charge is 2.43. The maximum absolute atomic E-state index is 12.0. The van der Waals surface area contributed by atoms with Crippen molar-refractivity contribution in [2.45, 2.75) is 44.5 Å². The zero-order valence-corrected chi connectivity index (χ0v) is 18.9. The number of hydrogen-bond acceptors (Lipinski definition) is 7. The summed E-state index contributed by atoms with van der Waals surface area (Å²) in [4.78, 5) is 26.8. The highest BCUT2D eigenvalue weighted by Crippen LogP contribution is 2.26. The smallest absolute Gasteiger partial charge is 0.379 e. The standard InChI is InChI=1S/C25H27N3O6/c1-17(2)22(29)25(30)34-16-21-24(33-14-19-11-7-4-8-12-19)23(20(15-31-21)27-28-26)32-13-18-9-5-3-6-10-18/h3-12,20-21,23-24H,1,13-16H2,2H3/t20?,21?,23?,24-/m1/s1. The molecule has 0 spiro atoms. The highest BCUT2D eigenvalue weighted by atomic mass is 16.6. The monoisotopic (exact) mass is 465 g/mol. The van der Waals surface area contributed by atoms with Crippen molar-refractivity contribution >= 4 is 11.8 Å². The molecule has 2 aromatic carbocycles. The first kappa shape index (κ1) is 25.1. The zero-order valence-electron chi connectivity index (χ0n) is 18.9. The summed E-state index contributed by atoms with van der Waals surface area (Å²) in [5.41, 5.74) is 11.0. The van der Waals surface area contributed by atoms with E-state index in [-0.39, 0.29) is 32.0 Å². The maximum Gasteiger partial charge on any atom is 0.379 e. The number of esters is 1. The molecule has 2 aromatic rings. The quantitative estimate of drug-likeness (QED) is 0.124. The van der Waals surface area contributed by atoms with Crippen LogP contribution in [-0.2, 0) is 41.8 Å². The van der Waals surface area contributed by atoms with Gasteiger partial charge in [-0.3, -0.25) is 4.79 Å². The number of ether oxygens (including phenoxy) is 4. The molecule has 0 radical (unpaired) electrons. The van der Waals surface area contributed by atoms with Crippen LogP contribution in [0.5, 0.6) is 0 Å². The van der Waals surface area contributed by atoms with Crippen molar-refractivity contribution < 1.29 is 28.5 Å². The van der Waals surface area contributed by atoms with Crippen molar-refractivity contribution in [1.29, 1.82) is 0 Å². The number of carbonyl (C=O) groups is 2. The second-order valence-corrected chi connectivity index (χ2v) is 7.87. The van der Waals surface area contributed by atoms with Gasteiger partial charge in [0.1, 0.15) is 18.8 Å². The van der Waals surface area contributed by atoms with Crippen LogP contribution in [-0.4, -0.2) is 49.3 Å². The van der Waals surface area contributed by atoms with Gasteiger partial charge < -0.3 is 18.9 Å². The summed E-state index contributed by atoms with van der Waals surface area (Å²) in [6.45, 7) is 5.22. The van der Waals surface area contributed by atoms with Gasteiger partial charge in [0.15, 0.2) is 0 Å². The Hall–Kier alpha value is -3.49. The number of rotatable bonds is 11. The van der Waals surface area contributed by atoms with Gasteiger partial charge >= 0.3 is 5.97 Å². The Balaban J connectivity index is 1.79. The molecule has 1 saturated heterocycles. The Morgan fingerprint density at radius 3 is 2.12 bits per heavy atom. The molecule has 0 N–H and O–H groups in total. The van der Waals surface area contributed by atoms with E-state index >= 15 is 0 Å². The van der Waals surface area contributed by atoms with E-state index < -0.39 is 36.1 Å². The van der Waals surface area contributed by atoms with Gasteiger partial charge in [0.05, 0.1) is 32.0 Å². The summed E-state index contributed by atoms with van der Waals surface area (Å²) < 4.78 is 23.4. The molecule has 3 rings (SSSR count). The number of carbonyl (C=O) groups excluding carboxylic acids is 2. The van der Waals surface area contributed by atoms with Crippen molar-refractivity contribution in [1.82, 2.24) is 0 Å². The third kappa shape index (κ3) is 7.00. The van der Waals surface area contributed by atoms with E-state index in [1.807, 2.05) is 60.7 Å². The first-order chi connectivity index (χ1) is 16.5. The molecule has 34 heavy (non-hydrogen) atoms. The molecule has 3 unspecified atom stereocenters. The van der Waals surface area contributed by atoms with E-state index in [0.29, 0.717) is 0 Å². The zero-order chi connectivity index (χ0) is 24.3. The number of ketones is 1. The summed E-state index contributed by atoms with van der Waals surface area (Å²) in [5.74, 6) is -1.82. The normalized spacial score (nSPS) is 21.8. The van der Waals surface area contributed by atoms with Crippen LogP contribution < -0.4 is 0 Å². The Morgan fingerprint density at radius 1 is 1.03 bits per heavy atom. The number of benzene rings is 2. The van der Waals surface area contributed by atoms with Crippen molar-refractivity contribution in [3.8, 4) is 0 Å². The maximum atomic E-state index is 12.0. The molecule has 0 aliphatic carbocycles. The number of azide groups is 1. The molecule has 1 fully saturated rings. The minimum Gasteiger partial charge on any atom is -0.457 e. The summed E-state index contributed by atoms with van der Waals surface area (Å²) in [6.07, 6.45) is -2.15. The van der Waals surface area contributed by atoms with Crippen LogP contribution in [0.4, 0.5) is 0 Å². The topological polar surface area (TPSA) is 120 Å². The lowest BCUT2D eigenvalue weighted by molar-refractivity contribution is -0.204. The molecule has 9 heteroatoms. The molecule has 9 nitrogen and oxygen atoms in total. The van der Waals surface area contributed by atoms with E-state index in [1.165, 1.54) is 6.92 Å². The van der Waals surface area contributed by atoms with Crippen LogP contribution in [0, 0.1) is 0 Å². The van der Waals surface area contributed by atoms with E-state index in [1.54, 1.807) is 0 Å². The van der Waals surface area contributed by atoms with Crippen LogP contribution >= 0.6 is 0 Å². The first-order valence-corrected chi connectivity index (χ1v) is 10.8. The van der Waals surface area contributed by atoms with Gasteiger partial charge in [-0.1, -0.05) is 72.4 Å². The number of nitrogens with zero attached hydrogens (tertiary/aromatic N) is 3. The number of Topliss-reactive ketones (excluding diaryl/α,β-unsaturated/α-hetero) is 1. The van der Waals surface area contributed by atoms with E-state index in [4.69, 9.17) is 24.5 Å². The fraction of sp³-hybridized carbons (Fsp3) is 0.360. The van der Waals surface area contributed by atoms with Gasteiger partial charge in [0, 0.05) is 4.91 Å².